The molecule has 2 aromatic rings. The Morgan fingerprint density at radius 1 is 1.19 bits per heavy atom. The summed E-state index contributed by atoms with van der Waals surface area (Å²) < 4.78 is 5.84. The van der Waals surface area contributed by atoms with Crippen LogP contribution in [0.4, 0.5) is 5.69 Å². The van der Waals surface area contributed by atoms with Gasteiger partial charge in [0.05, 0.1) is 12.3 Å². The van der Waals surface area contributed by atoms with Crippen LogP contribution < -0.4 is 10.1 Å². The number of ether oxygens (including phenoxy) is 1. The molecule has 21 heavy (non-hydrogen) atoms. The molecule has 1 N–H and O–H groups in total. The first-order valence-electron chi connectivity index (χ1n) is 7.35. The number of nitrogens with one attached hydrogen (secondary N) is 1. The van der Waals surface area contributed by atoms with Crippen molar-refractivity contribution in [3.8, 4) is 5.75 Å². The van der Waals surface area contributed by atoms with Crippen LogP contribution >= 0.6 is 11.6 Å². The van der Waals surface area contributed by atoms with Crippen molar-refractivity contribution in [2.45, 2.75) is 33.2 Å². The van der Waals surface area contributed by atoms with Gasteiger partial charge in [0.1, 0.15) is 5.75 Å². The second-order valence-corrected chi connectivity index (χ2v) is 5.71. The molecule has 0 bridgehead atoms. The predicted octanol–water partition coefficient (Wildman–Crippen LogP) is 5.61. The van der Waals surface area contributed by atoms with Crippen LogP contribution in [0.15, 0.2) is 42.5 Å². The zero-order valence-electron chi connectivity index (χ0n) is 12.8. The van der Waals surface area contributed by atoms with Gasteiger partial charge in [-0.3, -0.25) is 0 Å². The average Bonchev–Trinajstić information content (AvgIpc) is 2.47. The number of benzene rings is 2. The monoisotopic (exact) mass is 303 g/mol. The summed E-state index contributed by atoms with van der Waals surface area (Å²) in [5.74, 6) is 0.908. The van der Waals surface area contributed by atoms with E-state index in [1.807, 2.05) is 18.2 Å². The second kappa shape index (κ2) is 7.37. The SMILES string of the molecule is CCCOc1cc(C)ccc1NC(C)c1cccc(Cl)c1. The van der Waals surface area contributed by atoms with Gasteiger partial charge in [-0.2, -0.15) is 0 Å². The molecule has 1 atom stereocenters. The van der Waals surface area contributed by atoms with Gasteiger partial charge in [0.25, 0.3) is 0 Å². The van der Waals surface area contributed by atoms with Gasteiger partial charge in [-0.15, -0.1) is 0 Å². The van der Waals surface area contributed by atoms with E-state index in [1.165, 1.54) is 5.56 Å². The van der Waals surface area contributed by atoms with Crippen LogP contribution in [0.2, 0.25) is 5.02 Å². The van der Waals surface area contributed by atoms with Crippen LogP contribution in [-0.4, -0.2) is 6.61 Å². The highest BCUT2D eigenvalue weighted by molar-refractivity contribution is 6.30. The summed E-state index contributed by atoms with van der Waals surface area (Å²) in [6.45, 7) is 7.03. The maximum atomic E-state index is 6.06. The average molecular weight is 304 g/mol. The summed E-state index contributed by atoms with van der Waals surface area (Å²) in [7, 11) is 0. The Balaban J connectivity index is 2.18. The normalized spacial score (nSPS) is 12.0. The fourth-order valence-corrected chi connectivity index (χ4v) is 2.37. The first-order chi connectivity index (χ1) is 10.1. The molecule has 1 unspecified atom stereocenters. The Labute approximate surface area is 132 Å². The van der Waals surface area contributed by atoms with Gasteiger partial charge in [-0.1, -0.05) is 36.7 Å². The fourth-order valence-electron chi connectivity index (χ4n) is 2.17. The molecule has 3 heteroatoms. The van der Waals surface area contributed by atoms with E-state index >= 15 is 0 Å². The molecule has 2 rings (SSSR count). The van der Waals surface area contributed by atoms with E-state index in [1.54, 1.807) is 0 Å². The first-order valence-corrected chi connectivity index (χ1v) is 7.73. The lowest BCUT2D eigenvalue weighted by Gasteiger charge is -2.19. The molecule has 0 fully saturated rings. The zero-order chi connectivity index (χ0) is 15.2. The molecule has 0 aliphatic heterocycles. The van der Waals surface area contributed by atoms with E-state index in [2.05, 4.69) is 50.4 Å². The van der Waals surface area contributed by atoms with Crippen molar-refractivity contribution in [2.24, 2.45) is 0 Å². The van der Waals surface area contributed by atoms with Crippen LogP contribution in [0.3, 0.4) is 0 Å². The van der Waals surface area contributed by atoms with Crippen molar-refractivity contribution < 1.29 is 4.74 Å². The minimum atomic E-state index is 0.162. The number of hydrogen-bond donors (Lipinski definition) is 1. The highest BCUT2D eigenvalue weighted by Gasteiger charge is 2.10. The topological polar surface area (TPSA) is 21.3 Å². The van der Waals surface area contributed by atoms with Crippen molar-refractivity contribution in [3.05, 3.63) is 58.6 Å². The van der Waals surface area contributed by atoms with Crippen LogP contribution in [0, 0.1) is 6.92 Å². The van der Waals surface area contributed by atoms with Gasteiger partial charge in [0.2, 0.25) is 0 Å². The number of hydrogen-bond acceptors (Lipinski definition) is 2. The smallest absolute Gasteiger partial charge is 0.142 e. The molecular formula is C18H22ClNO. The minimum Gasteiger partial charge on any atom is -0.491 e. The summed E-state index contributed by atoms with van der Waals surface area (Å²) in [6.07, 6.45) is 0.997. The van der Waals surface area contributed by atoms with Gasteiger partial charge < -0.3 is 10.1 Å². The van der Waals surface area contributed by atoms with E-state index in [0.29, 0.717) is 0 Å². The van der Waals surface area contributed by atoms with Gasteiger partial charge in [0, 0.05) is 11.1 Å². The Hall–Kier alpha value is -1.67. The number of anilines is 1. The summed E-state index contributed by atoms with van der Waals surface area (Å²) in [5.41, 5.74) is 3.37. The Morgan fingerprint density at radius 3 is 2.71 bits per heavy atom. The maximum absolute atomic E-state index is 6.06. The number of rotatable bonds is 6. The van der Waals surface area contributed by atoms with Gasteiger partial charge >= 0.3 is 0 Å². The molecule has 2 aromatic carbocycles. The summed E-state index contributed by atoms with van der Waals surface area (Å²) in [5, 5.41) is 4.26. The lowest BCUT2D eigenvalue weighted by atomic mass is 10.1. The fraction of sp³-hybridized carbons (Fsp3) is 0.333. The second-order valence-electron chi connectivity index (χ2n) is 5.27. The van der Waals surface area contributed by atoms with Crippen molar-refractivity contribution in [1.82, 2.24) is 0 Å². The van der Waals surface area contributed by atoms with E-state index in [-0.39, 0.29) is 6.04 Å². The third-order valence-electron chi connectivity index (χ3n) is 3.32. The molecular weight excluding hydrogens is 282 g/mol. The molecule has 2 nitrogen and oxygen atoms in total. The Bertz CT molecular complexity index is 598. The Morgan fingerprint density at radius 2 is 2.00 bits per heavy atom. The van der Waals surface area contributed by atoms with Gasteiger partial charge in [-0.05, 0) is 55.7 Å². The summed E-state index contributed by atoms with van der Waals surface area (Å²) in [4.78, 5) is 0. The molecule has 0 heterocycles. The van der Waals surface area contributed by atoms with Crippen LogP contribution in [0.1, 0.15) is 37.4 Å². The number of halogens is 1. The van der Waals surface area contributed by atoms with E-state index in [4.69, 9.17) is 16.3 Å². The third-order valence-corrected chi connectivity index (χ3v) is 3.55. The molecule has 0 aliphatic carbocycles. The van der Waals surface area contributed by atoms with Crippen molar-refractivity contribution in [2.75, 3.05) is 11.9 Å². The van der Waals surface area contributed by atoms with Crippen molar-refractivity contribution in [1.29, 1.82) is 0 Å². The van der Waals surface area contributed by atoms with Gasteiger partial charge in [-0.25, -0.2) is 0 Å². The highest BCUT2D eigenvalue weighted by Crippen LogP contribution is 2.30. The molecule has 0 aliphatic rings. The van der Waals surface area contributed by atoms with E-state index < -0.39 is 0 Å². The third kappa shape index (κ3) is 4.40. The predicted molar refractivity (Wildman–Crippen MR) is 90.5 cm³/mol. The van der Waals surface area contributed by atoms with Crippen LogP contribution in [0.5, 0.6) is 5.75 Å². The maximum Gasteiger partial charge on any atom is 0.142 e. The first kappa shape index (κ1) is 15.7. The van der Waals surface area contributed by atoms with Crippen molar-refractivity contribution >= 4 is 17.3 Å². The van der Waals surface area contributed by atoms with Crippen molar-refractivity contribution in [3.63, 3.8) is 0 Å². The summed E-state index contributed by atoms with van der Waals surface area (Å²) in [6, 6.07) is 14.3. The van der Waals surface area contributed by atoms with E-state index in [9.17, 15) is 0 Å². The van der Waals surface area contributed by atoms with Gasteiger partial charge in [0.15, 0.2) is 0 Å². The zero-order valence-corrected chi connectivity index (χ0v) is 13.6. The van der Waals surface area contributed by atoms with Crippen LogP contribution in [-0.2, 0) is 0 Å². The van der Waals surface area contributed by atoms with E-state index in [0.717, 1.165) is 35.1 Å². The molecule has 0 amide bonds. The molecule has 0 spiro atoms. The van der Waals surface area contributed by atoms with Crippen LogP contribution in [0.25, 0.3) is 0 Å². The molecule has 0 radical (unpaired) electrons. The lowest BCUT2D eigenvalue weighted by Crippen LogP contribution is -2.08. The molecule has 0 saturated carbocycles. The highest BCUT2D eigenvalue weighted by atomic mass is 35.5. The minimum absolute atomic E-state index is 0.162. The summed E-state index contributed by atoms with van der Waals surface area (Å²) >= 11 is 6.06. The lowest BCUT2D eigenvalue weighted by molar-refractivity contribution is 0.318. The molecule has 0 saturated heterocycles. The largest absolute Gasteiger partial charge is 0.491 e. The quantitative estimate of drug-likeness (QED) is 0.749. The molecule has 0 aromatic heterocycles. The Kier molecular flexibility index (Phi) is 5.51. The molecule has 112 valence electrons. The number of aryl methyl sites for hydroxylation is 1. The standard InChI is InChI=1S/C18H22ClNO/c1-4-10-21-18-11-13(2)8-9-17(18)20-14(3)15-6-5-7-16(19)12-15/h5-9,11-12,14,20H,4,10H2,1-3H3.